The maximum atomic E-state index is 14.5. The molecule has 2 aromatic heterocycles. The first-order valence-corrected chi connectivity index (χ1v) is 22.1. The van der Waals surface area contributed by atoms with Crippen molar-refractivity contribution in [2.75, 3.05) is 26.8 Å². The Morgan fingerprint density at radius 1 is 0.803 bits per heavy atom. The van der Waals surface area contributed by atoms with Crippen molar-refractivity contribution < 1.29 is 19.1 Å². The molecule has 0 spiro atoms. The second kappa shape index (κ2) is 16.1. The minimum Gasteiger partial charge on any atom is -0.384 e. The Morgan fingerprint density at radius 2 is 1.44 bits per heavy atom. The van der Waals surface area contributed by atoms with Gasteiger partial charge in [0.15, 0.2) is 0 Å². The summed E-state index contributed by atoms with van der Waals surface area (Å²) >= 11 is 0. The Kier molecular flexibility index (Phi) is 10.3. The molecule has 5 atom stereocenters. The number of carbonyl (C=O) groups is 3. The third-order valence-corrected chi connectivity index (χ3v) is 13.4. The molecule has 2 aliphatic heterocycles. The number of amides is 3. The predicted octanol–water partition coefficient (Wildman–Crippen LogP) is 9.32. The third kappa shape index (κ3) is 7.43. The fourth-order valence-corrected chi connectivity index (χ4v) is 9.71. The largest absolute Gasteiger partial charge is 0.384 e. The molecule has 312 valence electrons. The van der Waals surface area contributed by atoms with Crippen LogP contribution in [0.3, 0.4) is 0 Å². The first-order valence-electron chi connectivity index (χ1n) is 22.1. The molecule has 61 heavy (non-hydrogen) atoms. The van der Waals surface area contributed by atoms with E-state index >= 15 is 0 Å². The molecule has 3 amide bonds. The minimum absolute atomic E-state index is 0.0158. The van der Waals surface area contributed by atoms with Crippen molar-refractivity contribution in [3.63, 3.8) is 0 Å². The molecule has 0 bridgehead atoms. The van der Waals surface area contributed by atoms with Crippen LogP contribution >= 0.6 is 0 Å². The van der Waals surface area contributed by atoms with Crippen molar-refractivity contribution in [1.82, 2.24) is 35.1 Å². The molecule has 7 aromatic rings. The molecule has 0 unspecified atom stereocenters. The Labute approximate surface area is 355 Å². The highest BCUT2D eigenvalue weighted by Crippen LogP contribution is 2.40. The van der Waals surface area contributed by atoms with E-state index in [1.165, 1.54) is 0 Å². The Balaban J connectivity index is 0.930. The lowest BCUT2D eigenvalue weighted by molar-refractivity contribution is -0.138. The van der Waals surface area contributed by atoms with E-state index in [0.717, 1.165) is 111 Å². The number of imidazole rings is 2. The van der Waals surface area contributed by atoms with Crippen molar-refractivity contribution in [2.45, 2.75) is 76.9 Å². The van der Waals surface area contributed by atoms with Crippen LogP contribution in [0.5, 0.6) is 0 Å². The van der Waals surface area contributed by atoms with Gasteiger partial charge in [-0.15, -0.1) is 0 Å². The summed E-state index contributed by atoms with van der Waals surface area (Å²) in [5, 5.41) is 7.38. The summed E-state index contributed by atoms with van der Waals surface area (Å²) in [4.78, 5) is 62.2. The van der Waals surface area contributed by atoms with Crippen molar-refractivity contribution in [1.29, 1.82) is 0 Å². The lowest BCUT2D eigenvalue weighted by atomic mass is 9.98. The van der Waals surface area contributed by atoms with Crippen LogP contribution in [0.1, 0.15) is 94.1 Å². The van der Waals surface area contributed by atoms with E-state index in [0.29, 0.717) is 31.9 Å². The molecule has 4 heterocycles. The lowest BCUT2D eigenvalue weighted by Crippen LogP contribution is -2.43. The number of aromatic nitrogens is 4. The summed E-state index contributed by atoms with van der Waals surface area (Å²) in [6.07, 6.45) is 5.91. The number of hydrogen-bond acceptors (Lipinski definition) is 6. The van der Waals surface area contributed by atoms with Gasteiger partial charge >= 0.3 is 0 Å². The molecule has 11 nitrogen and oxygen atoms in total. The van der Waals surface area contributed by atoms with E-state index in [4.69, 9.17) is 14.7 Å². The van der Waals surface area contributed by atoms with E-state index < -0.39 is 6.04 Å². The summed E-state index contributed by atoms with van der Waals surface area (Å²) in [5.74, 6) is 2.12. The van der Waals surface area contributed by atoms with Gasteiger partial charge in [0.2, 0.25) is 17.7 Å². The number of hydrogen-bond donors (Lipinski definition) is 3. The van der Waals surface area contributed by atoms with E-state index in [1.807, 2.05) is 40.1 Å². The van der Waals surface area contributed by atoms with Crippen LogP contribution in [0.25, 0.3) is 54.7 Å². The van der Waals surface area contributed by atoms with Crippen LogP contribution in [0.15, 0.2) is 91.0 Å². The van der Waals surface area contributed by atoms with Crippen molar-refractivity contribution in [3.05, 3.63) is 108 Å². The van der Waals surface area contributed by atoms with Gasteiger partial charge in [-0.2, -0.15) is 0 Å². The zero-order chi connectivity index (χ0) is 41.8. The highest BCUT2D eigenvalue weighted by atomic mass is 16.5. The Morgan fingerprint density at radius 3 is 2.05 bits per heavy atom. The number of rotatable bonds is 12. The van der Waals surface area contributed by atoms with Crippen LogP contribution in [-0.2, 0) is 19.1 Å². The SMILES string of the molecule is CC[C@H](C)CC(=O)N1CCC[C@H]1c1nc2c(ccc3cc(-c4ccc5c(ccc6[nH]c([C@@H]7C[C@H](COC)CN7C(=O)[C@H](NC(=O)C7CC7)c7ccccc7)nc65)c4)ccc32)[nH]1. The lowest BCUT2D eigenvalue weighted by Gasteiger charge is -2.29. The molecule has 3 aliphatic rings. The monoisotopic (exact) mass is 815 g/mol. The molecule has 3 N–H and O–H groups in total. The van der Waals surface area contributed by atoms with Crippen LogP contribution in [0.4, 0.5) is 0 Å². The fourth-order valence-electron chi connectivity index (χ4n) is 9.71. The number of methoxy groups -OCH3 is 1. The summed E-state index contributed by atoms with van der Waals surface area (Å²) in [6, 6.07) is 30.0. The number of aromatic amines is 2. The zero-order valence-electron chi connectivity index (χ0n) is 35.1. The molecular weight excluding hydrogens is 763 g/mol. The quantitative estimate of drug-likeness (QED) is 0.113. The van der Waals surface area contributed by atoms with Gasteiger partial charge in [-0.05, 0) is 89.8 Å². The average molecular weight is 816 g/mol. The van der Waals surface area contributed by atoms with E-state index in [1.54, 1.807) is 7.11 Å². The summed E-state index contributed by atoms with van der Waals surface area (Å²) < 4.78 is 5.58. The number of carbonyl (C=O) groups excluding carboxylic acids is 3. The summed E-state index contributed by atoms with van der Waals surface area (Å²) in [6.45, 7) is 6.11. The number of fused-ring (bicyclic) bond motifs is 6. The first kappa shape index (κ1) is 39.1. The van der Waals surface area contributed by atoms with Gasteiger partial charge in [0.05, 0.1) is 40.8 Å². The molecule has 10 rings (SSSR count). The number of H-pyrrole nitrogens is 2. The number of nitrogens with zero attached hydrogens (tertiary/aromatic N) is 4. The third-order valence-electron chi connectivity index (χ3n) is 13.4. The van der Waals surface area contributed by atoms with Crippen molar-refractivity contribution in [3.8, 4) is 11.1 Å². The summed E-state index contributed by atoms with van der Waals surface area (Å²) in [7, 11) is 1.69. The zero-order valence-corrected chi connectivity index (χ0v) is 35.1. The minimum atomic E-state index is -0.779. The van der Waals surface area contributed by atoms with Crippen molar-refractivity contribution >= 4 is 61.3 Å². The Bertz CT molecular complexity index is 2790. The van der Waals surface area contributed by atoms with Crippen LogP contribution in [0, 0.1) is 17.8 Å². The number of ether oxygens (including phenoxy) is 1. The maximum Gasteiger partial charge on any atom is 0.250 e. The van der Waals surface area contributed by atoms with Gasteiger partial charge < -0.3 is 29.8 Å². The molecule has 11 heteroatoms. The second-order valence-electron chi connectivity index (χ2n) is 17.7. The molecular formula is C50H53N7O4. The van der Waals surface area contributed by atoms with E-state index in [2.05, 4.69) is 89.8 Å². The molecule has 5 aromatic carbocycles. The maximum absolute atomic E-state index is 14.5. The Hall–Kier alpha value is -6.07. The summed E-state index contributed by atoms with van der Waals surface area (Å²) in [5.41, 5.74) is 6.67. The normalized spacial score (nSPS) is 20.3. The molecule has 3 fully saturated rings. The molecule has 0 radical (unpaired) electrons. The molecule has 2 saturated heterocycles. The van der Waals surface area contributed by atoms with Crippen LogP contribution in [0.2, 0.25) is 0 Å². The van der Waals surface area contributed by atoms with E-state index in [-0.39, 0.29) is 41.6 Å². The van der Waals surface area contributed by atoms with Crippen LogP contribution < -0.4 is 5.32 Å². The highest BCUT2D eigenvalue weighted by Gasteiger charge is 2.42. The first-order chi connectivity index (χ1) is 29.8. The molecule has 1 saturated carbocycles. The van der Waals surface area contributed by atoms with Gasteiger partial charge in [0, 0.05) is 49.2 Å². The van der Waals surface area contributed by atoms with Crippen molar-refractivity contribution in [2.24, 2.45) is 17.8 Å². The van der Waals surface area contributed by atoms with Gasteiger partial charge in [0.25, 0.3) is 0 Å². The smallest absolute Gasteiger partial charge is 0.250 e. The van der Waals surface area contributed by atoms with Crippen LogP contribution in [-0.4, -0.2) is 74.3 Å². The van der Waals surface area contributed by atoms with Gasteiger partial charge in [-0.1, -0.05) is 87.0 Å². The van der Waals surface area contributed by atoms with Gasteiger partial charge in [0.1, 0.15) is 17.7 Å². The van der Waals surface area contributed by atoms with E-state index in [9.17, 15) is 14.4 Å². The number of benzene rings is 5. The average Bonchev–Trinajstić information content (AvgIpc) is 3.62. The van der Waals surface area contributed by atoms with Gasteiger partial charge in [-0.25, -0.2) is 9.97 Å². The predicted molar refractivity (Wildman–Crippen MR) is 238 cm³/mol. The molecule has 1 aliphatic carbocycles. The standard InChI is InChI=1S/C50H53N7O4/c1-4-29(2)23-43(58)56-22-8-11-41(56)47-51-39-20-16-35-25-33(14-18-37(35)45(39)53-47)34-15-19-38-36(26-34)17-21-40-46(38)54-48(52-40)42-24-30(28-61-3)27-57(42)50(60)44(31-9-6-5-7-10-31)55-49(59)32-12-13-32/h5-7,9-10,14-21,25-26,29-30,32,41-42,44H,4,8,11-13,22-24,27-28H2,1-3H3,(H,51,53)(H,52,54)(H,55,59)/t29-,30-,41-,42-,44+/m0/s1. The fraction of sp³-hybridized carbons (Fsp3) is 0.380. The number of nitrogens with one attached hydrogen (secondary N) is 3. The topological polar surface area (TPSA) is 136 Å². The van der Waals surface area contributed by atoms with Gasteiger partial charge in [-0.3, -0.25) is 14.4 Å². The number of likely N-dealkylation sites (tertiary alicyclic amines) is 2. The highest BCUT2D eigenvalue weighted by molar-refractivity contribution is 6.07. The second-order valence-corrected chi connectivity index (χ2v) is 17.7.